The average molecular weight is 360 g/mol. The lowest BCUT2D eigenvalue weighted by atomic mass is 9.99. The molecule has 1 heterocycles. The molecule has 0 bridgehead atoms. The van der Waals surface area contributed by atoms with E-state index in [0.717, 1.165) is 36.6 Å². The summed E-state index contributed by atoms with van der Waals surface area (Å²) in [5.74, 6) is 1.81. The van der Waals surface area contributed by atoms with Crippen molar-refractivity contribution in [2.45, 2.75) is 44.4 Å². The molecule has 1 aliphatic heterocycles. The van der Waals surface area contributed by atoms with Gasteiger partial charge in [0.25, 0.3) is 0 Å². The maximum absolute atomic E-state index is 12.9. The number of thioether (sulfide) groups is 1. The van der Waals surface area contributed by atoms with E-state index in [1.807, 2.05) is 18.7 Å². The Morgan fingerprint density at radius 3 is 2.88 bits per heavy atom. The summed E-state index contributed by atoms with van der Waals surface area (Å²) in [7, 11) is 0. The molecule has 0 saturated carbocycles. The monoisotopic (exact) mass is 360 g/mol. The molecule has 1 fully saturated rings. The molecule has 0 aromatic heterocycles. The predicted molar refractivity (Wildman–Crippen MR) is 91.0 cm³/mol. The number of halogens is 3. The zero-order chi connectivity index (χ0) is 17.6. The standard InChI is InChI=1S/C17H23F3N2OS/c1-2-4-15(12-5-3-6-13(9-12)17(18,19)20)22-16(23)10-14-11-24-8-7-21-14/h3,5-6,9,14-15,21H,2,4,7-8,10-11H2,1H3,(H,22,23). The topological polar surface area (TPSA) is 41.1 Å². The highest BCUT2D eigenvalue weighted by Gasteiger charge is 2.31. The Morgan fingerprint density at radius 2 is 2.25 bits per heavy atom. The number of benzene rings is 1. The molecular formula is C17H23F3N2OS. The van der Waals surface area contributed by atoms with Gasteiger partial charge in [-0.25, -0.2) is 0 Å². The van der Waals surface area contributed by atoms with Gasteiger partial charge in [0.05, 0.1) is 11.6 Å². The fourth-order valence-electron chi connectivity index (χ4n) is 2.77. The van der Waals surface area contributed by atoms with Crippen molar-refractivity contribution >= 4 is 17.7 Å². The van der Waals surface area contributed by atoms with Crippen LogP contribution < -0.4 is 10.6 Å². The van der Waals surface area contributed by atoms with Crippen LogP contribution in [0.2, 0.25) is 0 Å². The Morgan fingerprint density at radius 1 is 1.46 bits per heavy atom. The molecule has 7 heteroatoms. The van der Waals surface area contributed by atoms with E-state index >= 15 is 0 Å². The van der Waals surface area contributed by atoms with Crippen molar-refractivity contribution in [3.05, 3.63) is 35.4 Å². The van der Waals surface area contributed by atoms with E-state index in [1.165, 1.54) is 6.07 Å². The number of nitrogens with one attached hydrogen (secondary N) is 2. The number of alkyl halides is 3. The van der Waals surface area contributed by atoms with Crippen LogP contribution in [-0.4, -0.2) is 30.0 Å². The van der Waals surface area contributed by atoms with Gasteiger partial charge in [0.2, 0.25) is 5.91 Å². The first-order valence-corrected chi connectivity index (χ1v) is 9.33. The largest absolute Gasteiger partial charge is 0.416 e. The Balaban J connectivity index is 2.04. The maximum atomic E-state index is 12.9. The van der Waals surface area contributed by atoms with E-state index in [0.29, 0.717) is 18.4 Å². The van der Waals surface area contributed by atoms with Crippen LogP contribution in [-0.2, 0) is 11.0 Å². The fraction of sp³-hybridized carbons (Fsp3) is 0.588. The third-order valence-electron chi connectivity index (χ3n) is 3.96. The molecule has 0 radical (unpaired) electrons. The molecule has 24 heavy (non-hydrogen) atoms. The zero-order valence-electron chi connectivity index (χ0n) is 13.7. The molecule has 1 amide bonds. The molecule has 134 valence electrons. The summed E-state index contributed by atoms with van der Waals surface area (Å²) in [6, 6.07) is 4.97. The normalized spacial score (nSPS) is 19.8. The second kappa shape index (κ2) is 8.76. The van der Waals surface area contributed by atoms with E-state index in [-0.39, 0.29) is 18.0 Å². The lowest BCUT2D eigenvalue weighted by Gasteiger charge is -2.25. The number of hydrogen-bond donors (Lipinski definition) is 2. The molecular weight excluding hydrogens is 337 g/mol. The predicted octanol–water partition coefficient (Wildman–Crippen LogP) is 3.76. The smallest absolute Gasteiger partial charge is 0.349 e. The van der Waals surface area contributed by atoms with Crippen molar-refractivity contribution in [3.8, 4) is 0 Å². The van der Waals surface area contributed by atoms with E-state index < -0.39 is 11.7 Å². The summed E-state index contributed by atoms with van der Waals surface area (Å²) in [5, 5.41) is 6.20. The van der Waals surface area contributed by atoms with Crippen LogP contribution in [0.25, 0.3) is 0 Å². The summed E-state index contributed by atoms with van der Waals surface area (Å²) in [5.41, 5.74) is -0.174. The van der Waals surface area contributed by atoms with Crippen LogP contribution in [0.1, 0.15) is 43.4 Å². The van der Waals surface area contributed by atoms with Gasteiger partial charge in [0, 0.05) is 30.5 Å². The highest BCUT2D eigenvalue weighted by atomic mass is 32.2. The van der Waals surface area contributed by atoms with E-state index in [2.05, 4.69) is 10.6 Å². The second-order valence-corrected chi connectivity index (χ2v) is 7.11. The number of carbonyl (C=O) groups excluding carboxylic acids is 1. The van der Waals surface area contributed by atoms with Gasteiger partial charge >= 0.3 is 6.18 Å². The van der Waals surface area contributed by atoms with Gasteiger partial charge in [-0.05, 0) is 24.1 Å². The van der Waals surface area contributed by atoms with E-state index in [9.17, 15) is 18.0 Å². The molecule has 1 aromatic carbocycles. The second-order valence-electron chi connectivity index (χ2n) is 5.96. The summed E-state index contributed by atoms with van der Waals surface area (Å²) in [6.45, 7) is 2.83. The zero-order valence-corrected chi connectivity index (χ0v) is 14.5. The quantitative estimate of drug-likeness (QED) is 0.812. The molecule has 2 unspecified atom stereocenters. The molecule has 1 aromatic rings. The van der Waals surface area contributed by atoms with Crippen LogP contribution >= 0.6 is 11.8 Å². The van der Waals surface area contributed by atoms with E-state index in [1.54, 1.807) is 6.07 Å². The Kier molecular flexibility index (Phi) is 6.98. The SMILES string of the molecule is CCCC(NC(=O)CC1CSCCN1)c1cccc(C(F)(F)F)c1. The molecule has 3 nitrogen and oxygen atoms in total. The van der Waals surface area contributed by atoms with Crippen molar-refractivity contribution in [1.82, 2.24) is 10.6 Å². The van der Waals surface area contributed by atoms with Gasteiger partial charge in [-0.15, -0.1) is 0 Å². The summed E-state index contributed by atoms with van der Waals surface area (Å²) >= 11 is 1.81. The first kappa shape index (κ1) is 19.1. The lowest BCUT2D eigenvalue weighted by molar-refractivity contribution is -0.137. The van der Waals surface area contributed by atoms with Crippen molar-refractivity contribution in [2.24, 2.45) is 0 Å². The van der Waals surface area contributed by atoms with Gasteiger partial charge in [-0.1, -0.05) is 25.5 Å². The van der Waals surface area contributed by atoms with Crippen LogP contribution in [0.4, 0.5) is 13.2 Å². The summed E-state index contributed by atoms with van der Waals surface area (Å²) in [6.07, 6.45) is -2.63. The third kappa shape index (κ3) is 5.70. The molecule has 2 atom stereocenters. The van der Waals surface area contributed by atoms with Crippen LogP contribution in [0, 0.1) is 0 Å². The highest BCUT2D eigenvalue weighted by molar-refractivity contribution is 7.99. The van der Waals surface area contributed by atoms with Gasteiger partial charge < -0.3 is 10.6 Å². The Hall–Kier alpha value is -1.21. The fourth-order valence-corrected chi connectivity index (χ4v) is 3.72. The van der Waals surface area contributed by atoms with Crippen LogP contribution in [0.15, 0.2) is 24.3 Å². The molecule has 1 aliphatic rings. The Bertz CT molecular complexity index is 545. The minimum absolute atomic E-state index is 0.120. The van der Waals surface area contributed by atoms with Crippen molar-refractivity contribution in [3.63, 3.8) is 0 Å². The highest BCUT2D eigenvalue weighted by Crippen LogP contribution is 2.31. The number of amides is 1. The third-order valence-corrected chi connectivity index (χ3v) is 5.09. The lowest BCUT2D eigenvalue weighted by Crippen LogP contribution is -2.42. The van der Waals surface area contributed by atoms with Crippen molar-refractivity contribution in [2.75, 3.05) is 18.1 Å². The minimum atomic E-state index is -4.37. The summed E-state index contributed by atoms with van der Waals surface area (Å²) < 4.78 is 38.7. The number of rotatable bonds is 6. The molecule has 0 aliphatic carbocycles. The maximum Gasteiger partial charge on any atom is 0.416 e. The van der Waals surface area contributed by atoms with Crippen molar-refractivity contribution in [1.29, 1.82) is 0 Å². The van der Waals surface area contributed by atoms with Gasteiger partial charge in [0.15, 0.2) is 0 Å². The number of hydrogen-bond acceptors (Lipinski definition) is 3. The molecule has 0 spiro atoms. The number of carbonyl (C=O) groups is 1. The molecule has 2 rings (SSSR count). The first-order chi connectivity index (χ1) is 11.4. The van der Waals surface area contributed by atoms with Crippen LogP contribution in [0.5, 0.6) is 0 Å². The molecule has 2 N–H and O–H groups in total. The summed E-state index contributed by atoms with van der Waals surface area (Å²) in [4.78, 5) is 12.3. The van der Waals surface area contributed by atoms with Crippen molar-refractivity contribution < 1.29 is 18.0 Å². The van der Waals surface area contributed by atoms with Crippen LogP contribution in [0.3, 0.4) is 0 Å². The van der Waals surface area contributed by atoms with Gasteiger partial charge in [0.1, 0.15) is 0 Å². The van der Waals surface area contributed by atoms with Gasteiger partial charge in [-0.3, -0.25) is 4.79 Å². The van der Waals surface area contributed by atoms with E-state index in [4.69, 9.17) is 0 Å². The van der Waals surface area contributed by atoms with Gasteiger partial charge in [-0.2, -0.15) is 24.9 Å². The molecule has 1 saturated heterocycles. The average Bonchev–Trinajstić information content (AvgIpc) is 2.55. The Labute approximate surface area is 144 Å². The minimum Gasteiger partial charge on any atom is -0.349 e. The first-order valence-electron chi connectivity index (χ1n) is 8.17.